The average molecular weight is 298 g/mol. The average Bonchev–Trinajstić information content (AvgIpc) is 3.00. The van der Waals surface area contributed by atoms with Crippen LogP contribution >= 0.6 is 0 Å². The fourth-order valence-electron chi connectivity index (χ4n) is 2.21. The fraction of sp³-hybridized carbons (Fsp3) is 0.176. The van der Waals surface area contributed by atoms with Gasteiger partial charge in [0.25, 0.3) is 0 Å². The molecule has 0 N–H and O–H groups in total. The molecule has 0 aliphatic carbocycles. The molecule has 0 bridgehead atoms. The predicted octanol–water partition coefficient (Wildman–Crippen LogP) is 3.36. The molecular weight excluding hydrogens is 284 g/mol. The normalized spacial score (nSPS) is 10.8. The lowest BCUT2D eigenvalue weighted by Crippen LogP contribution is -2.07. The minimum absolute atomic E-state index is 0.0237. The molecule has 0 fully saturated rings. The molecule has 3 aromatic rings. The second-order valence-corrected chi connectivity index (χ2v) is 5.08. The number of hydrogen-bond donors (Lipinski definition) is 0. The Hall–Kier alpha value is -2.82. The lowest BCUT2D eigenvalue weighted by molar-refractivity contribution is 0.0437. The SMILES string of the molecule is Cc1cc2oc(=O)cc(COC(=O)c3ccco3)c2cc1C. The number of hydrogen-bond acceptors (Lipinski definition) is 5. The Morgan fingerprint density at radius 1 is 1.18 bits per heavy atom. The van der Waals surface area contributed by atoms with E-state index in [1.807, 2.05) is 26.0 Å². The highest BCUT2D eigenvalue weighted by atomic mass is 16.5. The fourth-order valence-corrected chi connectivity index (χ4v) is 2.21. The monoisotopic (exact) mass is 298 g/mol. The summed E-state index contributed by atoms with van der Waals surface area (Å²) in [7, 11) is 0. The Balaban J connectivity index is 1.94. The van der Waals surface area contributed by atoms with E-state index in [1.165, 1.54) is 18.4 Å². The van der Waals surface area contributed by atoms with Crippen molar-refractivity contribution in [3.63, 3.8) is 0 Å². The van der Waals surface area contributed by atoms with E-state index in [-0.39, 0.29) is 12.4 Å². The maximum atomic E-state index is 11.8. The van der Waals surface area contributed by atoms with Gasteiger partial charge in [-0.2, -0.15) is 0 Å². The summed E-state index contributed by atoms with van der Waals surface area (Å²) in [4.78, 5) is 23.5. The summed E-state index contributed by atoms with van der Waals surface area (Å²) in [6, 6.07) is 8.20. The summed E-state index contributed by atoms with van der Waals surface area (Å²) in [6.07, 6.45) is 1.40. The lowest BCUT2D eigenvalue weighted by atomic mass is 10.0. The van der Waals surface area contributed by atoms with E-state index in [9.17, 15) is 9.59 Å². The van der Waals surface area contributed by atoms with Crippen molar-refractivity contribution in [2.24, 2.45) is 0 Å². The molecule has 0 saturated carbocycles. The third kappa shape index (κ3) is 2.65. The van der Waals surface area contributed by atoms with Crippen LogP contribution in [0.15, 0.2) is 50.2 Å². The topological polar surface area (TPSA) is 69.7 Å². The zero-order valence-electron chi connectivity index (χ0n) is 12.2. The molecule has 0 unspecified atom stereocenters. The molecule has 5 nitrogen and oxygen atoms in total. The Labute approximate surface area is 126 Å². The number of carbonyl (C=O) groups excluding carboxylic acids is 1. The smallest absolute Gasteiger partial charge is 0.374 e. The number of esters is 1. The van der Waals surface area contributed by atoms with Crippen LogP contribution in [0.3, 0.4) is 0 Å². The van der Waals surface area contributed by atoms with Crippen LogP contribution in [0.5, 0.6) is 0 Å². The van der Waals surface area contributed by atoms with E-state index in [4.69, 9.17) is 13.6 Å². The first-order chi connectivity index (χ1) is 10.5. The van der Waals surface area contributed by atoms with Gasteiger partial charge in [-0.1, -0.05) is 0 Å². The van der Waals surface area contributed by atoms with Crippen LogP contribution in [0.2, 0.25) is 0 Å². The lowest BCUT2D eigenvalue weighted by Gasteiger charge is -2.08. The van der Waals surface area contributed by atoms with Crippen LogP contribution in [0.4, 0.5) is 0 Å². The highest BCUT2D eigenvalue weighted by Gasteiger charge is 2.13. The number of aryl methyl sites for hydroxylation is 2. The highest BCUT2D eigenvalue weighted by molar-refractivity contribution is 5.87. The summed E-state index contributed by atoms with van der Waals surface area (Å²) in [6.45, 7) is 3.89. The molecule has 0 aliphatic rings. The van der Waals surface area contributed by atoms with Crippen LogP contribution < -0.4 is 5.63 Å². The van der Waals surface area contributed by atoms with E-state index >= 15 is 0 Å². The van der Waals surface area contributed by atoms with Crippen LogP contribution in [-0.2, 0) is 11.3 Å². The minimum atomic E-state index is -0.574. The van der Waals surface area contributed by atoms with Crippen LogP contribution in [0.1, 0.15) is 27.2 Å². The van der Waals surface area contributed by atoms with E-state index < -0.39 is 11.6 Å². The molecule has 112 valence electrons. The van der Waals surface area contributed by atoms with Gasteiger partial charge in [0.1, 0.15) is 12.2 Å². The van der Waals surface area contributed by atoms with Crippen molar-refractivity contribution in [3.8, 4) is 0 Å². The number of ether oxygens (including phenoxy) is 1. The van der Waals surface area contributed by atoms with E-state index in [0.29, 0.717) is 11.1 Å². The zero-order valence-corrected chi connectivity index (χ0v) is 12.2. The first-order valence-corrected chi connectivity index (χ1v) is 6.79. The second kappa shape index (κ2) is 5.52. The summed E-state index contributed by atoms with van der Waals surface area (Å²) < 4.78 is 15.4. The number of fused-ring (bicyclic) bond motifs is 1. The van der Waals surface area contributed by atoms with Gasteiger partial charge < -0.3 is 13.6 Å². The maximum Gasteiger partial charge on any atom is 0.374 e. The van der Waals surface area contributed by atoms with Crippen molar-refractivity contribution in [1.29, 1.82) is 0 Å². The van der Waals surface area contributed by atoms with Crippen molar-refractivity contribution in [2.75, 3.05) is 0 Å². The highest BCUT2D eigenvalue weighted by Crippen LogP contribution is 2.22. The first kappa shape index (κ1) is 14.1. The molecule has 3 rings (SSSR count). The van der Waals surface area contributed by atoms with Gasteiger partial charge in [-0.15, -0.1) is 0 Å². The molecule has 0 spiro atoms. The largest absolute Gasteiger partial charge is 0.457 e. The van der Waals surface area contributed by atoms with Gasteiger partial charge in [0, 0.05) is 17.0 Å². The summed E-state index contributed by atoms with van der Waals surface area (Å²) in [5, 5.41) is 0.759. The molecular formula is C17H14O5. The zero-order chi connectivity index (χ0) is 15.7. The Morgan fingerprint density at radius 3 is 2.68 bits per heavy atom. The molecule has 0 radical (unpaired) electrons. The van der Waals surface area contributed by atoms with Crippen molar-refractivity contribution < 1.29 is 18.4 Å². The maximum absolute atomic E-state index is 11.8. The number of benzene rings is 1. The number of furan rings is 1. The summed E-state index contributed by atoms with van der Waals surface area (Å²) >= 11 is 0. The number of carbonyl (C=O) groups is 1. The van der Waals surface area contributed by atoms with Gasteiger partial charge >= 0.3 is 11.6 Å². The second-order valence-electron chi connectivity index (χ2n) is 5.08. The molecule has 0 aliphatic heterocycles. The quantitative estimate of drug-likeness (QED) is 0.548. The third-order valence-corrected chi connectivity index (χ3v) is 3.53. The van der Waals surface area contributed by atoms with E-state index in [1.54, 1.807) is 6.07 Å². The number of rotatable bonds is 3. The summed E-state index contributed by atoms with van der Waals surface area (Å²) in [5.74, 6) is -0.450. The molecule has 5 heteroatoms. The standard InChI is InChI=1S/C17H14O5/c1-10-6-13-12(8-16(18)22-15(13)7-11(10)2)9-21-17(19)14-4-3-5-20-14/h3-8H,9H2,1-2H3. The van der Waals surface area contributed by atoms with Gasteiger partial charge in [-0.25, -0.2) is 9.59 Å². The molecule has 1 aromatic carbocycles. The molecule has 2 heterocycles. The van der Waals surface area contributed by atoms with E-state index in [0.717, 1.165) is 16.5 Å². The van der Waals surface area contributed by atoms with Crippen molar-refractivity contribution >= 4 is 16.9 Å². The molecule has 0 amide bonds. The van der Waals surface area contributed by atoms with Crippen LogP contribution in [-0.4, -0.2) is 5.97 Å². The van der Waals surface area contributed by atoms with Crippen LogP contribution in [0, 0.1) is 13.8 Å². The van der Waals surface area contributed by atoms with Crippen molar-refractivity contribution in [2.45, 2.75) is 20.5 Å². The minimum Gasteiger partial charge on any atom is -0.457 e. The molecule has 2 aromatic heterocycles. The Bertz CT molecular complexity index is 887. The first-order valence-electron chi connectivity index (χ1n) is 6.79. The van der Waals surface area contributed by atoms with Crippen molar-refractivity contribution in [1.82, 2.24) is 0 Å². The predicted molar refractivity (Wildman–Crippen MR) is 79.8 cm³/mol. The van der Waals surface area contributed by atoms with Gasteiger partial charge in [0.15, 0.2) is 0 Å². The van der Waals surface area contributed by atoms with Crippen LogP contribution in [0.25, 0.3) is 11.0 Å². The van der Waals surface area contributed by atoms with Gasteiger partial charge in [-0.3, -0.25) is 0 Å². The summed E-state index contributed by atoms with van der Waals surface area (Å²) in [5.41, 5.74) is 2.72. The molecule has 0 saturated heterocycles. The molecule has 0 atom stereocenters. The Morgan fingerprint density at radius 2 is 1.95 bits per heavy atom. The van der Waals surface area contributed by atoms with E-state index in [2.05, 4.69) is 0 Å². The van der Waals surface area contributed by atoms with Gasteiger partial charge in [-0.05, 0) is 49.2 Å². The van der Waals surface area contributed by atoms with Gasteiger partial charge in [0.2, 0.25) is 5.76 Å². The third-order valence-electron chi connectivity index (χ3n) is 3.53. The van der Waals surface area contributed by atoms with Crippen molar-refractivity contribution in [3.05, 3.63) is 69.5 Å². The van der Waals surface area contributed by atoms with Gasteiger partial charge in [0.05, 0.1) is 6.26 Å². The molecule has 22 heavy (non-hydrogen) atoms. The Kier molecular flexibility index (Phi) is 3.55.